The van der Waals surface area contributed by atoms with Crippen molar-refractivity contribution in [1.29, 1.82) is 0 Å². The van der Waals surface area contributed by atoms with Crippen molar-refractivity contribution in [1.82, 2.24) is 15.1 Å². The summed E-state index contributed by atoms with van der Waals surface area (Å²) in [7, 11) is 3.98. The van der Waals surface area contributed by atoms with E-state index in [-0.39, 0.29) is 17.7 Å². The summed E-state index contributed by atoms with van der Waals surface area (Å²) in [6.45, 7) is 2.77. The highest BCUT2D eigenvalue weighted by molar-refractivity contribution is 5.89. The van der Waals surface area contributed by atoms with Crippen molar-refractivity contribution in [3.63, 3.8) is 0 Å². The standard InChI is InChI=1S/C16H27N3O2/c1-18(2)8-9-19-12-14(10-15(19)20)16(21)17-11-13-6-4-3-5-7-13/h6,14H,3-5,7-12H2,1-2H3,(H,17,21). The number of likely N-dealkylation sites (tertiary alicyclic amines) is 1. The Hall–Kier alpha value is -1.36. The monoisotopic (exact) mass is 293 g/mol. The van der Waals surface area contributed by atoms with Crippen molar-refractivity contribution in [3.05, 3.63) is 11.6 Å². The average molecular weight is 293 g/mol. The van der Waals surface area contributed by atoms with Crippen LogP contribution >= 0.6 is 0 Å². The van der Waals surface area contributed by atoms with E-state index in [0.29, 0.717) is 26.1 Å². The molecular weight excluding hydrogens is 266 g/mol. The van der Waals surface area contributed by atoms with Crippen molar-refractivity contribution in [2.75, 3.05) is 40.3 Å². The molecule has 118 valence electrons. The lowest BCUT2D eigenvalue weighted by Gasteiger charge is -2.19. The van der Waals surface area contributed by atoms with Crippen LogP contribution in [0.15, 0.2) is 11.6 Å². The van der Waals surface area contributed by atoms with Crippen LogP contribution in [0.4, 0.5) is 0 Å². The van der Waals surface area contributed by atoms with E-state index < -0.39 is 0 Å². The fraction of sp³-hybridized carbons (Fsp3) is 0.750. The molecule has 2 aliphatic rings. The Balaban J connectivity index is 1.75. The highest BCUT2D eigenvalue weighted by atomic mass is 16.2. The molecule has 21 heavy (non-hydrogen) atoms. The van der Waals surface area contributed by atoms with Crippen LogP contribution in [0.1, 0.15) is 32.1 Å². The smallest absolute Gasteiger partial charge is 0.225 e. The largest absolute Gasteiger partial charge is 0.352 e. The number of rotatable bonds is 6. The maximum Gasteiger partial charge on any atom is 0.225 e. The zero-order valence-electron chi connectivity index (χ0n) is 13.2. The van der Waals surface area contributed by atoms with Crippen LogP contribution in [0.2, 0.25) is 0 Å². The Kier molecular flexibility index (Phi) is 5.79. The van der Waals surface area contributed by atoms with E-state index in [0.717, 1.165) is 19.4 Å². The quantitative estimate of drug-likeness (QED) is 0.744. The van der Waals surface area contributed by atoms with Gasteiger partial charge in [0.1, 0.15) is 0 Å². The molecule has 1 saturated heterocycles. The molecule has 2 amide bonds. The minimum absolute atomic E-state index is 0.0298. The Morgan fingerprint density at radius 2 is 2.24 bits per heavy atom. The van der Waals surface area contributed by atoms with Gasteiger partial charge in [0.15, 0.2) is 0 Å². The first-order chi connectivity index (χ1) is 10.1. The van der Waals surface area contributed by atoms with Crippen LogP contribution in [0.25, 0.3) is 0 Å². The van der Waals surface area contributed by atoms with Crippen LogP contribution < -0.4 is 5.32 Å². The van der Waals surface area contributed by atoms with E-state index in [2.05, 4.69) is 16.3 Å². The SMILES string of the molecule is CN(C)CCN1CC(C(=O)NCC2=CCCCC2)CC1=O. The van der Waals surface area contributed by atoms with Gasteiger partial charge in [0.25, 0.3) is 0 Å². The molecule has 0 spiro atoms. The minimum Gasteiger partial charge on any atom is -0.352 e. The summed E-state index contributed by atoms with van der Waals surface area (Å²) in [5.41, 5.74) is 1.34. The zero-order chi connectivity index (χ0) is 15.2. The summed E-state index contributed by atoms with van der Waals surface area (Å²) >= 11 is 0. The molecule has 0 radical (unpaired) electrons. The number of nitrogens with zero attached hydrogens (tertiary/aromatic N) is 2. The maximum absolute atomic E-state index is 12.2. The number of amides is 2. The lowest BCUT2D eigenvalue weighted by atomic mass is 9.99. The van der Waals surface area contributed by atoms with Gasteiger partial charge in [0, 0.05) is 32.6 Å². The van der Waals surface area contributed by atoms with Gasteiger partial charge in [-0.05, 0) is 39.8 Å². The number of hydrogen-bond acceptors (Lipinski definition) is 3. The zero-order valence-corrected chi connectivity index (χ0v) is 13.2. The summed E-state index contributed by atoms with van der Waals surface area (Å²) in [6, 6.07) is 0. The second kappa shape index (κ2) is 7.59. The predicted molar refractivity (Wildman–Crippen MR) is 82.8 cm³/mol. The fourth-order valence-electron chi connectivity index (χ4n) is 2.89. The van der Waals surface area contributed by atoms with Gasteiger partial charge in [0.2, 0.25) is 11.8 Å². The van der Waals surface area contributed by atoms with Gasteiger partial charge < -0.3 is 15.1 Å². The van der Waals surface area contributed by atoms with Gasteiger partial charge in [-0.3, -0.25) is 9.59 Å². The van der Waals surface area contributed by atoms with Crippen LogP contribution in [0.5, 0.6) is 0 Å². The number of allylic oxidation sites excluding steroid dienone is 1. The van der Waals surface area contributed by atoms with Gasteiger partial charge in [-0.15, -0.1) is 0 Å². The summed E-state index contributed by atoms with van der Waals surface area (Å²) in [5, 5.41) is 3.00. The molecule has 1 aliphatic carbocycles. The van der Waals surface area contributed by atoms with Gasteiger partial charge >= 0.3 is 0 Å². The van der Waals surface area contributed by atoms with E-state index in [9.17, 15) is 9.59 Å². The van der Waals surface area contributed by atoms with Gasteiger partial charge in [0.05, 0.1) is 5.92 Å². The number of nitrogens with one attached hydrogen (secondary N) is 1. The third kappa shape index (κ3) is 4.84. The van der Waals surface area contributed by atoms with Crippen molar-refractivity contribution in [2.45, 2.75) is 32.1 Å². The Morgan fingerprint density at radius 3 is 2.90 bits per heavy atom. The molecule has 2 rings (SSSR count). The molecule has 1 atom stereocenters. The molecular formula is C16H27N3O2. The first-order valence-corrected chi connectivity index (χ1v) is 7.94. The van der Waals surface area contributed by atoms with Gasteiger partial charge in [-0.25, -0.2) is 0 Å². The number of hydrogen-bond donors (Lipinski definition) is 1. The van der Waals surface area contributed by atoms with Crippen molar-refractivity contribution >= 4 is 11.8 Å². The van der Waals surface area contributed by atoms with Crippen LogP contribution in [0, 0.1) is 5.92 Å². The van der Waals surface area contributed by atoms with Crippen LogP contribution in [-0.4, -0.2) is 61.9 Å². The molecule has 1 unspecified atom stereocenters. The minimum atomic E-state index is -0.177. The maximum atomic E-state index is 12.2. The molecule has 1 N–H and O–H groups in total. The topological polar surface area (TPSA) is 52.6 Å². The normalized spacial score (nSPS) is 22.6. The first kappa shape index (κ1) is 16.0. The molecule has 1 fully saturated rings. The molecule has 5 heteroatoms. The number of likely N-dealkylation sites (N-methyl/N-ethyl adjacent to an activating group) is 1. The highest BCUT2D eigenvalue weighted by Gasteiger charge is 2.33. The van der Waals surface area contributed by atoms with Crippen molar-refractivity contribution in [2.24, 2.45) is 5.92 Å². The van der Waals surface area contributed by atoms with E-state index >= 15 is 0 Å². The fourth-order valence-corrected chi connectivity index (χ4v) is 2.89. The molecule has 0 aromatic carbocycles. The summed E-state index contributed by atoms with van der Waals surface area (Å²) in [5.74, 6) is -0.0417. The lowest BCUT2D eigenvalue weighted by molar-refractivity contribution is -0.129. The predicted octanol–water partition coefficient (Wildman–Crippen LogP) is 1.01. The molecule has 0 aromatic rings. The molecule has 0 aromatic heterocycles. The summed E-state index contributed by atoms with van der Waals surface area (Å²) in [6.07, 6.45) is 7.31. The van der Waals surface area contributed by atoms with Crippen LogP contribution in [0.3, 0.4) is 0 Å². The Labute approximate surface area is 127 Å². The van der Waals surface area contributed by atoms with Crippen molar-refractivity contribution < 1.29 is 9.59 Å². The van der Waals surface area contributed by atoms with E-state index in [4.69, 9.17) is 0 Å². The second-order valence-electron chi connectivity index (χ2n) is 6.37. The summed E-state index contributed by atoms with van der Waals surface area (Å²) in [4.78, 5) is 28.0. The second-order valence-corrected chi connectivity index (χ2v) is 6.37. The molecule has 5 nitrogen and oxygen atoms in total. The average Bonchev–Trinajstić information content (AvgIpc) is 2.85. The van der Waals surface area contributed by atoms with E-state index in [1.54, 1.807) is 0 Å². The first-order valence-electron chi connectivity index (χ1n) is 7.94. The van der Waals surface area contributed by atoms with E-state index in [1.165, 1.54) is 18.4 Å². The van der Waals surface area contributed by atoms with Gasteiger partial charge in [-0.1, -0.05) is 11.6 Å². The lowest BCUT2D eigenvalue weighted by Crippen LogP contribution is -2.36. The summed E-state index contributed by atoms with van der Waals surface area (Å²) < 4.78 is 0. The number of carbonyl (C=O) groups is 2. The third-order valence-corrected chi connectivity index (χ3v) is 4.28. The molecule has 0 saturated carbocycles. The highest BCUT2D eigenvalue weighted by Crippen LogP contribution is 2.19. The molecule has 1 aliphatic heterocycles. The number of carbonyl (C=O) groups excluding carboxylic acids is 2. The van der Waals surface area contributed by atoms with E-state index in [1.807, 2.05) is 19.0 Å². The third-order valence-electron chi connectivity index (χ3n) is 4.28. The van der Waals surface area contributed by atoms with Crippen LogP contribution in [-0.2, 0) is 9.59 Å². The van der Waals surface area contributed by atoms with Gasteiger partial charge in [-0.2, -0.15) is 0 Å². The van der Waals surface area contributed by atoms with Crippen molar-refractivity contribution in [3.8, 4) is 0 Å². The Bertz CT molecular complexity index is 418. The Morgan fingerprint density at radius 1 is 1.43 bits per heavy atom. The molecule has 0 bridgehead atoms. The molecule has 1 heterocycles.